The molecular formula is C18H9S4+. The molecule has 0 fully saturated rings. The highest BCUT2D eigenvalue weighted by molar-refractivity contribution is 8.77. The fourth-order valence-corrected chi connectivity index (χ4v) is 9.74. The van der Waals surface area contributed by atoms with E-state index in [0.717, 1.165) is 0 Å². The Morgan fingerprint density at radius 1 is 0.909 bits per heavy atom. The molecule has 0 saturated carbocycles. The molecule has 104 valence electrons. The second-order valence-corrected chi connectivity index (χ2v) is 10.1. The van der Waals surface area contributed by atoms with E-state index in [1.807, 2.05) is 42.3 Å². The molecule has 0 amide bonds. The molecule has 3 aromatic carbocycles. The minimum Gasteiger partial charge on any atom is -0.0757 e. The van der Waals surface area contributed by atoms with E-state index in [-0.39, 0.29) is 0 Å². The number of hydrogen-bond donors (Lipinski definition) is 0. The van der Waals surface area contributed by atoms with E-state index in [9.17, 15) is 0 Å². The summed E-state index contributed by atoms with van der Waals surface area (Å²) in [6, 6.07) is 17.9. The predicted molar refractivity (Wildman–Crippen MR) is 102 cm³/mol. The monoisotopic (exact) mass is 353 g/mol. The third-order valence-corrected chi connectivity index (χ3v) is 9.84. The maximum absolute atomic E-state index is 2.32. The molecule has 6 rings (SSSR count). The van der Waals surface area contributed by atoms with Crippen molar-refractivity contribution >= 4 is 63.1 Å². The molecular weight excluding hydrogens is 344 g/mol. The topological polar surface area (TPSA) is 0 Å². The summed E-state index contributed by atoms with van der Waals surface area (Å²) in [6.45, 7) is 0. The lowest BCUT2D eigenvalue weighted by molar-refractivity contribution is 1.14. The molecule has 1 aromatic heterocycles. The van der Waals surface area contributed by atoms with Crippen molar-refractivity contribution in [3.05, 3.63) is 59.7 Å². The van der Waals surface area contributed by atoms with Gasteiger partial charge in [-0.05, 0) is 11.6 Å². The van der Waals surface area contributed by atoms with Crippen LogP contribution in [0.1, 0.15) is 16.4 Å². The van der Waals surface area contributed by atoms with E-state index < -0.39 is 0 Å². The van der Waals surface area contributed by atoms with Crippen molar-refractivity contribution in [1.29, 1.82) is 0 Å². The molecule has 22 heavy (non-hydrogen) atoms. The molecule has 0 N–H and O–H groups in total. The highest BCUT2D eigenvalue weighted by Crippen LogP contribution is 2.65. The second kappa shape index (κ2) is 4.26. The molecule has 0 bridgehead atoms. The number of fused-ring (bicyclic) bond motifs is 6. The van der Waals surface area contributed by atoms with Crippen LogP contribution in [-0.2, 0) is 0 Å². The van der Waals surface area contributed by atoms with Crippen molar-refractivity contribution in [2.45, 2.75) is 10.1 Å². The standard InChI is InChI=1S/C18H9S4/c1-2-6-10-9(5-1)15-13-14-16(10)20-22-18(14)12-8-4-3-7-11(12)17(13)21-19-15/h1-8,15H/q+1. The zero-order valence-electron chi connectivity index (χ0n) is 11.3. The molecule has 1 atom stereocenters. The van der Waals surface area contributed by atoms with Crippen LogP contribution in [0.2, 0.25) is 0 Å². The van der Waals surface area contributed by atoms with Crippen molar-refractivity contribution in [2.75, 3.05) is 0 Å². The Morgan fingerprint density at radius 2 is 1.73 bits per heavy atom. The van der Waals surface area contributed by atoms with Crippen LogP contribution in [0.3, 0.4) is 0 Å². The van der Waals surface area contributed by atoms with Crippen LogP contribution in [0.5, 0.6) is 0 Å². The van der Waals surface area contributed by atoms with Gasteiger partial charge >= 0.3 is 10.3 Å². The fourth-order valence-electron chi connectivity index (χ4n) is 3.64. The van der Waals surface area contributed by atoms with Crippen LogP contribution in [-0.4, -0.2) is 0 Å². The maximum atomic E-state index is 2.32. The summed E-state index contributed by atoms with van der Waals surface area (Å²) in [5, 5.41) is 4.89. The average Bonchev–Trinajstić information content (AvgIpc) is 3.19. The molecule has 2 heterocycles. The van der Waals surface area contributed by atoms with Crippen molar-refractivity contribution < 1.29 is 0 Å². The quantitative estimate of drug-likeness (QED) is 0.242. The first-order valence-electron chi connectivity index (χ1n) is 7.16. The molecule has 2 aliphatic rings. The van der Waals surface area contributed by atoms with Crippen LogP contribution in [0.25, 0.3) is 31.3 Å². The number of rotatable bonds is 0. The summed E-state index contributed by atoms with van der Waals surface area (Å²) in [6.07, 6.45) is 0. The van der Waals surface area contributed by atoms with Crippen molar-refractivity contribution in [3.8, 4) is 10.4 Å². The van der Waals surface area contributed by atoms with Gasteiger partial charge in [0, 0.05) is 21.4 Å². The highest BCUT2D eigenvalue weighted by Gasteiger charge is 2.40. The van der Waals surface area contributed by atoms with Crippen molar-refractivity contribution in [1.82, 2.24) is 0 Å². The third-order valence-electron chi connectivity index (χ3n) is 4.57. The summed E-state index contributed by atoms with van der Waals surface area (Å²) >= 11 is 0. The van der Waals surface area contributed by atoms with Gasteiger partial charge in [0.2, 0.25) is 0 Å². The number of benzene rings is 3. The molecule has 0 radical (unpaired) electrons. The molecule has 0 spiro atoms. The van der Waals surface area contributed by atoms with Crippen molar-refractivity contribution in [3.63, 3.8) is 0 Å². The minimum absolute atomic E-state index is 0.498. The summed E-state index contributed by atoms with van der Waals surface area (Å²) in [4.78, 5) is 2.98. The summed E-state index contributed by atoms with van der Waals surface area (Å²) in [7, 11) is 7.88. The van der Waals surface area contributed by atoms with E-state index >= 15 is 0 Å². The van der Waals surface area contributed by atoms with E-state index in [2.05, 4.69) is 48.5 Å². The molecule has 4 heteroatoms. The predicted octanol–water partition coefficient (Wildman–Crippen LogP) is 7.22. The van der Waals surface area contributed by atoms with Gasteiger partial charge in [-0.15, -0.1) is 0 Å². The van der Waals surface area contributed by atoms with Gasteiger partial charge in [-0.3, -0.25) is 0 Å². The third kappa shape index (κ3) is 1.36. The van der Waals surface area contributed by atoms with Gasteiger partial charge in [0.15, 0.2) is 10.3 Å². The van der Waals surface area contributed by atoms with E-state index in [1.54, 1.807) is 5.56 Å². The largest absolute Gasteiger partial charge is 0.301 e. The second-order valence-electron chi connectivity index (χ2n) is 5.64. The van der Waals surface area contributed by atoms with Crippen LogP contribution < -0.4 is 0 Å². The summed E-state index contributed by atoms with van der Waals surface area (Å²) in [5.41, 5.74) is 4.53. The molecule has 4 aromatic rings. The summed E-state index contributed by atoms with van der Waals surface area (Å²) < 4.78 is 1.48. The first-order valence-corrected chi connectivity index (χ1v) is 11.5. The van der Waals surface area contributed by atoms with Crippen LogP contribution >= 0.6 is 42.3 Å². The highest BCUT2D eigenvalue weighted by atomic mass is 33.1. The lowest BCUT2D eigenvalue weighted by atomic mass is 9.87. The normalized spacial score (nSPS) is 18.1. The van der Waals surface area contributed by atoms with Gasteiger partial charge in [-0.2, -0.15) is 0 Å². The van der Waals surface area contributed by atoms with Crippen LogP contribution in [0.15, 0.2) is 53.4 Å². The molecule has 0 saturated heterocycles. The molecule has 1 aliphatic heterocycles. The lowest BCUT2D eigenvalue weighted by Crippen LogP contribution is -2.02. The molecule has 0 nitrogen and oxygen atoms in total. The Labute approximate surface area is 143 Å². The lowest BCUT2D eigenvalue weighted by Gasteiger charge is -2.20. The Morgan fingerprint density at radius 3 is 2.68 bits per heavy atom. The fraction of sp³-hybridized carbons (Fsp3) is 0.0556. The maximum Gasteiger partial charge on any atom is 0.301 e. The van der Waals surface area contributed by atoms with Gasteiger partial charge < -0.3 is 0 Å². The number of hydrogen-bond acceptors (Lipinski definition) is 3. The van der Waals surface area contributed by atoms with Gasteiger partial charge in [0.25, 0.3) is 4.70 Å². The van der Waals surface area contributed by atoms with E-state index in [1.165, 1.54) is 41.8 Å². The first kappa shape index (κ1) is 12.4. The Hall–Kier alpha value is -1.07. The van der Waals surface area contributed by atoms with Crippen molar-refractivity contribution in [2.24, 2.45) is 0 Å². The van der Waals surface area contributed by atoms with Crippen LogP contribution in [0.4, 0.5) is 0 Å². The Bertz CT molecular complexity index is 1090. The van der Waals surface area contributed by atoms with Gasteiger partial charge in [0.1, 0.15) is 4.88 Å². The summed E-state index contributed by atoms with van der Waals surface area (Å²) in [5.74, 6) is 0. The molecule has 1 aliphatic carbocycles. The Kier molecular flexibility index (Phi) is 2.40. The van der Waals surface area contributed by atoms with E-state index in [0.29, 0.717) is 5.25 Å². The van der Waals surface area contributed by atoms with Gasteiger partial charge in [-0.25, -0.2) is 0 Å². The SMILES string of the molecule is c1ccc2c(c1)-c1s[s+]c3c1c1c(c4ccccc43)SSC21. The molecule has 1 unspecified atom stereocenters. The van der Waals surface area contributed by atoms with Gasteiger partial charge in [-0.1, -0.05) is 64.1 Å². The van der Waals surface area contributed by atoms with E-state index in [4.69, 9.17) is 0 Å². The zero-order valence-corrected chi connectivity index (χ0v) is 14.6. The van der Waals surface area contributed by atoms with Gasteiger partial charge in [0.05, 0.1) is 16.0 Å². The average molecular weight is 354 g/mol. The van der Waals surface area contributed by atoms with Crippen LogP contribution in [0, 0.1) is 0 Å². The Balaban J connectivity index is 1.93. The minimum atomic E-state index is 0.498. The zero-order chi connectivity index (χ0) is 14.3. The smallest absolute Gasteiger partial charge is 0.0757 e. The first-order chi connectivity index (χ1) is 10.9.